The number of hydrogen-bond acceptors (Lipinski definition) is 2. The van der Waals surface area contributed by atoms with Crippen LogP contribution < -0.4 is 15.5 Å². The lowest BCUT2D eigenvalue weighted by molar-refractivity contribution is -0.913. The molecule has 21 heavy (non-hydrogen) atoms. The fraction of sp³-hybridized carbons (Fsp3) is 0.875. The lowest BCUT2D eigenvalue weighted by Gasteiger charge is -2.25. The van der Waals surface area contributed by atoms with E-state index in [0.29, 0.717) is 0 Å². The van der Waals surface area contributed by atoms with Crippen molar-refractivity contribution in [3.8, 4) is 0 Å². The number of imide groups is 1. The molecule has 0 aromatic rings. The summed E-state index contributed by atoms with van der Waals surface area (Å²) in [7, 11) is 0. The van der Waals surface area contributed by atoms with Crippen molar-refractivity contribution in [3.63, 3.8) is 0 Å². The van der Waals surface area contributed by atoms with Gasteiger partial charge in [-0.25, -0.2) is 4.79 Å². The van der Waals surface area contributed by atoms with E-state index in [-0.39, 0.29) is 24.0 Å². The zero-order valence-electron chi connectivity index (χ0n) is 13.2. The Labute approximate surface area is 127 Å². The number of carbonyl (C=O) groups excluding carboxylic acids is 2. The van der Waals surface area contributed by atoms with E-state index < -0.39 is 0 Å². The van der Waals surface area contributed by atoms with Gasteiger partial charge in [0.15, 0.2) is 6.04 Å². The van der Waals surface area contributed by atoms with Gasteiger partial charge in [-0.15, -0.1) is 0 Å². The minimum Gasteiger partial charge on any atom is -0.335 e. The van der Waals surface area contributed by atoms with Crippen LogP contribution in [0.25, 0.3) is 0 Å². The Bertz CT molecular complexity index is 345. The maximum Gasteiger partial charge on any atom is 0.321 e. The zero-order valence-corrected chi connectivity index (χ0v) is 13.2. The molecule has 0 spiro atoms. The summed E-state index contributed by atoms with van der Waals surface area (Å²) >= 11 is 0. The van der Waals surface area contributed by atoms with Gasteiger partial charge >= 0.3 is 6.03 Å². The minimum atomic E-state index is -0.312. The molecule has 3 N–H and O–H groups in total. The first-order valence-electron chi connectivity index (χ1n) is 8.63. The zero-order chi connectivity index (χ0) is 15.1. The van der Waals surface area contributed by atoms with Crippen molar-refractivity contribution in [2.75, 3.05) is 13.1 Å². The van der Waals surface area contributed by atoms with Crippen LogP contribution in [0.1, 0.15) is 64.7 Å². The molecule has 0 bridgehead atoms. The van der Waals surface area contributed by atoms with Gasteiger partial charge in [0.05, 0.1) is 13.1 Å². The molecule has 120 valence electrons. The van der Waals surface area contributed by atoms with E-state index >= 15 is 0 Å². The van der Waals surface area contributed by atoms with Gasteiger partial charge in [-0.2, -0.15) is 0 Å². The average molecular weight is 296 g/mol. The number of quaternary nitrogens is 1. The third kappa shape index (κ3) is 5.30. The SMILES string of the molecule is C[C@H](C(=O)NC(=O)NC1CCCCC1)[NH+]1CCCCCC1. The van der Waals surface area contributed by atoms with Gasteiger partial charge in [0.2, 0.25) is 0 Å². The highest BCUT2D eigenvalue weighted by molar-refractivity contribution is 5.96. The molecular weight excluding hydrogens is 266 g/mol. The second kappa shape index (κ2) is 8.37. The molecule has 5 heteroatoms. The summed E-state index contributed by atoms with van der Waals surface area (Å²) in [6, 6.07) is -0.208. The molecule has 2 fully saturated rings. The normalized spacial score (nSPS) is 23.1. The quantitative estimate of drug-likeness (QED) is 0.727. The van der Waals surface area contributed by atoms with Crippen LogP contribution in [-0.4, -0.2) is 37.1 Å². The van der Waals surface area contributed by atoms with Crippen LogP contribution in [0.4, 0.5) is 4.79 Å². The van der Waals surface area contributed by atoms with Crippen LogP contribution in [0, 0.1) is 0 Å². The second-order valence-corrected chi connectivity index (χ2v) is 6.59. The summed E-state index contributed by atoms with van der Waals surface area (Å²) in [5.41, 5.74) is 0. The lowest BCUT2D eigenvalue weighted by Crippen LogP contribution is -3.16. The number of hydrogen-bond donors (Lipinski definition) is 3. The molecule has 2 aliphatic rings. The first-order valence-corrected chi connectivity index (χ1v) is 8.63. The number of nitrogens with one attached hydrogen (secondary N) is 3. The number of carbonyl (C=O) groups is 2. The first-order chi connectivity index (χ1) is 10.2. The van der Waals surface area contributed by atoms with Crippen molar-refractivity contribution in [1.82, 2.24) is 10.6 Å². The van der Waals surface area contributed by atoms with Crippen LogP contribution in [-0.2, 0) is 4.79 Å². The second-order valence-electron chi connectivity index (χ2n) is 6.59. The van der Waals surface area contributed by atoms with Gasteiger partial charge in [-0.1, -0.05) is 19.3 Å². The first kappa shape index (κ1) is 16.3. The Morgan fingerprint density at radius 2 is 1.52 bits per heavy atom. The van der Waals surface area contributed by atoms with Crippen molar-refractivity contribution in [2.45, 2.75) is 76.8 Å². The largest absolute Gasteiger partial charge is 0.335 e. The topological polar surface area (TPSA) is 62.6 Å². The number of urea groups is 1. The Morgan fingerprint density at radius 3 is 2.14 bits per heavy atom. The summed E-state index contributed by atoms with van der Waals surface area (Å²) in [6.45, 7) is 4.02. The van der Waals surface area contributed by atoms with Gasteiger partial charge in [0.25, 0.3) is 5.91 Å². The summed E-state index contributed by atoms with van der Waals surface area (Å²) in [5.74, 6) is -0.139. The van der Waals surface area contributed by atoms with Crippen LogP contribution in [0.2, 0.25) is 0 Å². The average Bonchev–Trinajstić information content (AvgIpc) is 2.76. The van der Waals surface area contributed by atoms with Crippen molar-refractivity contribution < 1.29 is 14.5 Å². The van der Waals surface area contributed by atoms with Gasteiger partial charge in [-0.3, -0.25) is 10.1 Å². The van der Waals surface area contributed by atoms with Gasteiger partial charge < -0.3 is 10.2 Å². The monoisotopic (exact) mass is 296 g/mol. The van der Waals surface area contributed by atoms with Crippen LogP contribution in [0.15, 0.2) is 0 Å². The van der Waals surface area contributed by atoms with E-state index in [1.54, 1.807) is 0 Å². The molecule has 1 atom stereocenters. The molecule has 1 heterocycles. The molecule has 0 aromatic heterocycles. The minimum absolute atomic E-state index is 0.139. The molecule has 0 unspecified atom stereocenters. The maximum atomic E-state index is 12.2. The van der Waals surface area contributed by atoms with E-state index in [1.165, 1.54) is 49.8 Å². The standard InChI is InChI=1S/C16H29N3O2/c1-13(19-11-7-2-3-8-12-19)15(20)18-16(21)17-14-9-5-4-6-10-14/h13-14H,2-12H2,1H3,(H2,17,18,20,21)/p+1/t13-/m1/s1. The highest BCUT2D eigenvalue weighted by atomic mass is 16.2. The van der Waals surface area contributed by atoms with Crippen molar-refractivity contribution in [1.29, 1.82) is 0 Å². The Morgan fingerprint density at radius 1 is 0.952 bits per heavy atom. The van der Waals surface area contributed by atoms with E-state index in [2.05, 4.69) is 10.6 Å². The Balaban J connectivity index is 1.74. The van der Waals surface area contributed by atoms with Crippen molar-refractivity contribution >= 4 is 11.9 Å². The van der Waals surface area contributed by atoms with Crippen LogP contribution >= 0.6 is 0 Å². The predicted octanol–water partition coefficient (Wildman–Crippen LogP) is 0.992. The summed E-state index contributed by atoms with van der Waals surface area (Å²) in [6.07, 6.45) is 10.6. The van der Waals surface area contributed by atoms with E-state index in [9.17, 15) is 9.59 Å². The summed E-state index contributed by atoms with van der Waals surface area (Å²) in [5, 5.41) is 5.47. The third-order valence-electron chi connectivity index (χ3n) is 4.93. The third-order valence-corrected chi connectivity index (χ3v) is 4.93. The number of amides is 3. The van der Waals surface area contributed by atoms with Gasteiger partial charge in [0, 0.05) is 6.04 Å². The van der Waals surface area contributed by atoms with Gasteiger partial charge in [0.1, 0.15) is 0 Å². The van der Waals surface area contributed by atoms with Gasteiger partial charge in [-0.05, 0) is 45.4 Å². The summed E-state index contributed by atoms with van der Waals surface area (Å²) < 4.78 is 0. The van der Waals surface area contributed by atoms with E-state index in [0.717, 1.165) is 25.9 Å². The van der Waals surface area contributed by atoms with Crippen LogP contribution in [0.5, 0.6) is 0 Å². The molecule has 2 rings (SSSR count). The molecule has 1 saturated carbocycles. The predicted molar refractivity (Wildman–Crippen MR) is 82.2 cm³/mol. The van der Waals surface area contributed by atoms with E-state index in [1.807, 2.05) is 6.92 Å². The Hall–Kier alpha value is -1.10. The molecular formula is C16H30N3O2+. The van der Waals surface area contributed by atoms with Crippen LogP contribution in [0.3, 0.4) is 0 Å². The summed E-state index contributed by atoms with van der Waals surface area (Å²) in [4.78, 5) is 25.5. The van der Waals surface area contributed by atoms with Crippen molar-refractivity contribution in [3.05, 3.63) is 0 Å². The number of likely N-dealkylation sites (tertiary alicyclic amines) is 1. The van der Waals surface area contributed by atoms with E-state index in [4.69, 9.17) is 0 Å². The molecule has 3 amide bonds. The Kier molecular flexibility index (Phi) is 6.49. The molecule has 5 nitrogen and oxygen atoms in total. The molecule has 1 aliphatic heterocycles. The fourth-order valence-electron chi connectivity index (χ4n) is 3.49. The number of rotatable bonds is 3. The smallest absolute Gasteiger partial charge is 0.321 e. The highest BCUT2D eigenvalue weighted by Gasteiger charge is 2.27. The molecule has 1 aliphatic carbocycles. The lowest BCUT2D eigenvalue weighted by atomic mass is 9.96. The maximum absolute atomic E-state index is 12.2. The fourth-order valence-corrected chi connectivity index (χ4v) is 3.49. The highest BCUT2D eigenvalue weighted by Crippen LogP contribution is 2.17. The molecule has 0 radical (unpaired) electrons. The van der Waals surface area contributed by atoms with Crippen molar-refractivity contribution in [2.24, 2.45) is 0 Å². The molecule has 0 aromatic carbocycles. The molecule has 1 saturated heterocycles.